The third-order valence-electron chi connectivity index (χ3n) is 6.73. The first kappa shape index (κ1) is 21.5. The molecule has 2 aromatic rings. The number of rotatable bonds is 5. The molecule has 0 saturated carbocycles. The summed E-state index contributed by atoms with van der Waals surface area (Å²) in [4.78, 5) is 35.6. The Morgan fingerprint density at radius 2 is 1.90 bits per heavy atom. The second kappa shape index (κ2) is 9.63. The van der Waals surface area contributed by atoms with Gasteiger partial charge in [0, 0.05) is 24.6 Å². The summed E-state index contributed by atoms with van der Waals surface area (Å²) in [7, 11) is 0. The SMILES string of the molecule is O=C(CSc1nc2sc3c(c2c(=O)n1C[C@@H]1CCCO1)CCCC3)N1CCCCCC1. The monoisotopic (exact) mass is 461 g/mol. The van der Waals surface area contributed by atoms with Crippen LogP contribution in [0.3, 0.4) is 0 Å². The van der Waals surface area contributed by atoms with Crippen LogP contribution in [0.4, 0.5) is 0 Å². The van der Waals surface area contributed by atoms with Gasteiger partial charge in [-0.25, -0.2) is 4.98 Å². The minimum atomic E-state index is 0.0598. The molecule has 2 aromatic heterocycles. The number of hydrogen-bond donors (Lipinski definition) is 0. The Morgan fingerprint density at radius 1 is 1.10 bits per heavy atom. The average Bonchev–Trinajstić information content (AvgIpc) is 3.33. The zero-order valence-electron chi connectivity index (χ0n) is 18.1. The highest BCUT2D eigenvalue weighted by Gasteiger charge is 2.25. The summed E-state index contributed by atoms with van der Waals surface area (Å²) >= 11 is 3.11. The number of nitrogens with zero attached hydrogens (tertiary/aromatic N) is 3. The Morgan fingerprint density at radius 3 is 2.68 bits per heavy atom. The average molecular weight is 462 g/mol. The number of thiophene rings is 1. The van der Waals surface area contributed by atoms with E-state index in [9.17, 15) is 9.59 Å². The van der Waals surface area contributed by atoms with Crippen LogP contribution in [0.25, 0.3) is 10.2 Å². The Kier molecular flexibility index (Phi) is 6.67. The zero-order chi connectivity index (χ0) is 21.2. The maximum Gasteiger partial charge on any atom is 0.263 e. The van der Waals surface area contributed by atoms with Crippen LogP contribution in [-0.4, -0.2) is 51.9 Å². The molecule has 8 heteroatoms. The first-order valence-corrected chi connectivity index (χ1v) is 13.6. The Labute approximate surface area is 191 Å². The van der Waals surface area contributed by atoms with E-state index in [0.717, 1.165) is 74.9 Å². The molecule has 4 heterocycles. The largest absolute Gasteiger partial charge is 0.376 e. The summed E-state index contributed by atoms with van der Waals surface area (Å²) in [5, 5.41) is 1.50. The van der Waals surface area contributed by atoms with E-state index in [-0.39, 0.29) is 17.6 Å². The molecular weight excluding hydrogens is 430 g/mol. The molecule has 1 amide bonds. The standard InChI is InChI=1S/C23H31N3O3S2/c27-19(25-11-5-1-2-6-12-25)15-30-23-24-21-20(17-9-3-4-10-18(17)31-21)22(28)26(23)14-16-8-7-13-29-16/h16H,1-15H2/t16-/m0/s1. The van der Waals surface area contributed by atoms with E-state index in [2.05, 4.69) is 0 Å². The molecule has 31 heavy (non-hydrogen) atoms. The molecule has 0 unspecified atom stereocenters. The topological polar surface area (TPSA) is 64.4 Å². The van der Waals surface area contributed by atoms with E-state index >= 15 is 0 Å². The van der Waals surface area contributed by atoms with Crippen molar-refractivity contribution in [3.63, 3.8) is 0 Å². The summed E-state index contributed by atoms with van der Waals surface area (Å²) in [6, 6.07) is 0. The molecule has 168 valence electrons. The van der Waals surface area contributed by atoms with Crippen molar-refractivity contribution in [3.8, 4) is 0 Å². The lowest BCUT2D eigenvalue weighted by Gasteiger charge is -2.21. The van der Waals surface area contributed by atoms with Gasteiger partial charge < -0.3 is 9.64 Å². The number of fused-ring (bicyclic) bond motifs is 3. The van der Waals surface area contributed by atoms with Crippen molar-refractivity contribution in [3.05, 3.63) is 20.8 Å². The van der Waals surface area contributed by atoms with Gasteiger partial charge in [-0.3, -0.25) is 14.2 Å². The molecule has 2 aliphatic heterocycles. The van der Waals surface area contributed by atoms with E-state index in [1.54, 1.807) is 15.9 Å². The molecule has 1 atom stereocenters. The number of aromatic nitrogens is 2. The quantitative estimate of drug-likeness (QED) is 0.497. The number of ether oxygens (including phenoxy) is 1. The first-order valence-electron chi connectivity index (χ1n) is 11.8. The highest BCUT2D eigenvalue weighted by molar-refractivity contribution is 7.99. The van der Waals surface area contributed by atoms with Gasteiger partial charge in [-0.2, -0.15) is 0 Å². The van der Waals surface area contributed by atoms with Gasteiger partial charge in [-0.15, -0.1) is 11.3 Å². The zero-order valence-corrected chi connectivity index (χ0v) is 19.7. The van der Waals surface area contributed by atoms with Crippen LogP contribution in [0, 0.1) is 0 Å². The summed E-state index contributed by atoms with van der Waals surface area (Å²) in [5.74, 6) is 0.504. The third-order valence-corrected chi connectivity index (χ3v) is 8.88. The molecule has 6 nitrogen and oxygen atoms in total. The predicted octanol–water partition coefficient (Wildman–Crippen LogP) is 4.01. The number of thioether (sulfide) groups is 1. The molecule has 5 rings (SSSR count). The fourth-order valence-corrected chi connectivity index (χ4v) is 7.23. The number of amides is 1. The fourth-order valence-electron chi connectivity index (χ4n) is 5.02. The van der Waals surface area contributed by atoms with Crippen LogP contribution in [0.2, 0.25) is 0 Å². The molecule has 2 fully saturated rings. The Bertz CT molecular complexity index is 1000. The van der Waals surface area contributed by atoms with Crippen molar-refractivity contribution in [1.29, 1.82) is 0 Å². The lowest BCUT2D eigenvalue weighted by Crippen LogP contribution is -2.34. The second-order valence-corrected chi connectivity index (χ2v) is 10.9. The van der Waals surface area contributed by atoms with Gasteiger partial charge in [0.2, 0.25) is 5.91 Å². The normalized spacial score (nSPS) is 21.9. The predicted molar refractivity (Wildman–Crippen MR) is 125 cm³/mol. The molecule has 2 saturated heterocycles. The maximum absolute atomic E-state index is 13.6. The van der Waals surface area contributed by atoms with E-state index in [1.165, 1.54) is 41.5 Å². The summed E-state index contributed by atoms with van der Waals surface area (Å²) < 4.78 is 7.64. The minimum Gasteiger partial charge on any atom is -0.376 e. The summed E-state index contributed by atoms with van der Waals surface area (Å²) in [6.07, 6.45) is 11.0. The van der Waals surface area contributed by atoms with Gasteiger partial charge in [-0.05, 0) is 56.9 Å². The molecule has 3 aliphatic rings. The van der Waals surface area contributed by atoms with Crippen molar-refractivity contribution in [1.82, 2.24) is 14.5 Å². The number of likely N-dealkylation sites (tertiary alicyclic amines) is 1. The smallest absolute Gasteiger partial charge is 0.263 e. The fraction of sp³-hybridized carbons (Fsp3) is 0.696. The number of carbonyl (C=O) groups is 1. The molecule has 0 aromatic carbocycles. The summed E-state index contributed by atoms with van der Waals surface area (Å²) in [6.45, 7) is 3.00. The van der Waals surface area contributed by atoms with Gasteiger partial charge in [0.05, 0.1) is 23.8 Å². The van der Waals surface area contributed by atoms with Crippen molar-refractivity contribution < 1.29 is 9.53 Å². The lowest BCUT2D eigenvalue weighted by atomic mass is 9.97. The molecule has 0 N–H and O–H groups in total. The van der Waals surface area contributed by atoms with E-state index in [0.29, 0.717) is 17.5 Å². The van der Waals surface area contributed by atoms with Crippen molar-refractivity contribution in [2.45, 2.75) is 82.0 Å². The van der Waals surface area contributed by atoms with Crippen molar-refractivity contribution >= 4 is 39.2 Å². The van der Waals surface area contributed by atoms with Crippen LogP contribution >= 0.6 is 23.1 Å². The summed E-state index contributed by atoms with van der Waals surface area (Å²) in [5.41, 5.74) is 1.28. The van der Waals surface area contributed by atoms with Crippen LogP contribution in [0.5, 0.6) is 0 Å². The second-order valence-electron chi connectivity index (χ2n) is 8.92. The molecule has 0 spiro atoms. The Hall–Kier alpha value is -1.38. The molecule has 0 radical (unpaired) electrons. The Balaban J connectivity index is 1.45. The van der Waals surface area contributed by atoms with E-state index in [4.69, 9.17) is 9.72 Å². The van der Waals surface area contributed by atoms with Crippen LogP contribution < -0.4 is 5.56 Å². The highest BCUT2D eigenvalue weighted by Crippen LogP contribution is 2.35. The number of hydrogen-bond acceptors (Lipinski definition) is 6. The maximum atomic E-state index is 13.6. The molecule has 0 bridgehead atoms. The third kappa shape index (κ3) is 4.57. The number of aryl methyl sites for hydroxylation is 2. The first-order chi connectivity index (χ1) is 15.2. The van der Waals surface area contributed by atoms with Gasteiger partial charge in [0.25, 0.3) is 5.56 Å². The minimum absolute atomic E-state index is 0.0598. The van der Waals surface area contributed by atoms with Gasteiger partial charge in [-0.1, -0.05) is 24.6 Å². The van der Waals surface area contributed by atoms with Gasteiger partial charge >= 0.3 is 0 Å². The lowest BCUT2D eigenvalue weighted by molar-refractivity contribution is -0.128. The highest BCUT2D eigenvalue weighted by atomic mass is 32.2. The molecule has 1 aliphatic carbocycles. The van der Waals surface area contributed by atoms with Crippen LogP contribution in [0.1, 0.15) is 61.8 Å². The number of carbonyl (C=O) groups excluding carboxylic acids is 1. The van der Waals surface area contributed by atoms with Crippen molar-refractivity contribution in [2.75, 3.05) is 25.4 Å². The van der Waals surface area contributed by atoms with Crippen LogP contribution in [-0.2, 0) is 28.9 Å². The molecular formula is C23H31N3O3S2. The van der Waals surface area contributed by atoms with Crippen molar-refractivity contribution in [2.24, 2.45) is 0 Å². The van der Waals surface area contributed by atoms with Gasteiger partial charge in [0.1, 0.15) is 4.83 Å². The van der Waals surface area contributed by atoms with E-state index < -0.39 is 0 Å². The van der Waals surface area contributed by atoms with Gasteiger partial charge in [0.15, 0.2) is 5.16 Å². The van der Waals surface area contributed by atoms with Crippen LogP contribution in [0.15, 0.2) is 9.95 Å². The van der Waals surface area contributed by atoms with E-state index in [1.807, 2.05) is 4.90 Å².